The van der Waals surface area contributed by atoms with Crippen LogP contribution in [0.5, 0.6) is 0 Å². The summed E-state index contributed by atoms with van der Waals surface area (Å²) in [5, 5.41) is 6.29. The topological polar surface area (TPSA) is 59.0 Å². The summed E-state index contributed by atoms with van der Waals surface area (Å²) in [4.78, 5) is 16.9. The Morgan fingerprint density at radius 1 is 1.28 bits per heavy atom. The molecule has 2 heterocycles. The molecule has 7 heteroatoms. The van der Waals surface area contributed by atoms with E-state index in [1.54, 1.807) is 0 Å². The lowest BCUT2D eigenvalue weighted by Crippen LogP contribution is -2.49. The summed E-state index contributed by atoms with van der Waals surface area (Å²) in [5.74, 6) is 1.76. The van der Waals surface area contributed by atoms with Gasteiger partial charge in [0.15, 0.2) is 0 Å². The zero-order valence-electron chi connectivity index (χ0n) is 15.0. The standard InChI is InChI=1S/C18H26N4O.2ClH/c1-12(2)22-16-7-5-4-6-15(16)21-17(22)8-9-20-18(23)13(3)14-10-19-11-14;;/h4-7,12-14,19H,8-11H2,1-3H3,(H,20,23);2*1H. The molecule has 0 spiro atoms. The van der Waals surface area contributed by atoms with E-state index < -0.39 is 0 Å². The van der Waals surface area contributed by atoms with E-state index in [0.717, 1.165) is 36.4 Å². The van der Waals surface area contributed by atoms with Crippen molar-refractivity contribution in [3.05, 3.63) is 30.1 Å². The summed E-state index contributed by atoms with van der Waals surface area (Å²) in [6, 6.07) is 8.56. The maximum atomic E-state index is 12.2. The van der Waals surface area contributed by atoms with E-state index in [-0.39, 0.29) is 36.6 Å². The van der Waals surface area contributed by atoms with Gasteiger partial charge < -0.3 is 15.2 Å². The summed E-state index contributed by atoms with van der Waals surface area (Å²) < 4.78 is 2.26. The predicted molar refractivity (Wildman–Crippen MR) is 107 cm³/mol. The average molecular weight is 387 g/mol. The van der Waals surface area contributed by atoms with Crippen LogP contribution in [0.15, 0.2) is 24.3 Å². The molecule has 25 heavy (non-hydrogen) atoms. The minimum absolute atomic E-state index is 0. The van der Waals surface area contributed by atoms with Crippen LogP contribution in [0.25, 0.3) is 11.0 Å². The third-order valence-electron chi connectivity index (χ3n) is 4.77. The number of benzene rings is 1. The first-order valence-corrected chi connectivity index (χ1v) is 8.52. The van der Waals surface area contributed by atoms with Crippen molar-refractivity contribution >= 4 is 41.8 Å². The zero-order chi connectivity index (χ0) is 16.4. The maximum Gasteiger partial charge on any atom is 0.223 e. The van der Waals surface area contributed by atoms with E-state index in [2.05, 4.69) is 35.1 Å². The third kappa shape index (κ3) is 4.66. The number of halogens is 2. The molecule has 0 aliphatic carbocycles. The molecule has 1 unspecified atom stereocenters. The number of fused-ring (bicyclic) bond motifs is 1. The van der Waals surface area contributed by atoms with Crippen LogP contribution in [0.2, 0.25) is 0 Å². The molecule has 3 rings (SSSR count). The summed E-state index contributed by atoms with van der Waals surface area (Å²) in [6.45, 7) is 8.91. The SMILES string of the molecule is CC(C(=O)NCCc1nc2ccccc2n1C(C)C)C1CNC1.Cl.Cl. The Morgan fingerprint density at radius 3 is 2.56 bits per heavy atom. The van der Waals surface area contributed by atoms with Crippen molar-refractivity contribution in [2.45, 2.75) is 33.2 Å². The Balaban J connectivity index is 0.00000156. The predicted octanol–water partition coefficient (Wildman–Crippen LogP) is 2.98. The van der Waals surface area contributed by atoms with E-state index in [9.17, 15) is 4.79 Å². The van der Waals surface area contributed by atoms with Crippen LogP contribution in [0.4, 0.5) is 0 Å². The van der Waals surface area contributed by atoms with Crippen LogP contribution in [0, 0.1) is 11.8 Å². The average Bonchev–Trinajstić information content (AvgIpc) is 2.83. The highest BCUT2D eigenvalue weighted by atomic mass is 35.5. The first-order chi connectivity index (χ1) is 11.1. The fourth-order valence-corrected chi connectivity index (χ4v) is 3.18. The molecule has 2 N–H and O–H groups in total. The van der Waals surface area contributed by atoms with Crippen molar-refractivity contribution in [2.75, 3.05) is 19.6 Å². The number of amides is 1. The second-order valence-electron chi connectivity index (χ2n) is 6.73. The van der Waals surface area contributed by atoms with Gasteiger partial charge in [-0.3, -0.25) is 4.79 Å². The Morgan fingerprint density at radius 2 is 1.96 bits per heavy atom. The molecule has 1 atom stereocenters. The minimum atomic E-state index is 0. The van der Waals surface area contributed by atoms with Crippen molar-refractivity contribution in [3.63, 3.8) is 0 Å². The van der Waals surface area contributed by atoms with Gasteiger partial charge in [-0.05, 0) is 45.0 Å². The van der Waals surface area contributed by atoms with Gasteiger partial charge in [0.1, 0.15) is 5.82 Å². The molecular formula is C18H28Cl2N4O. The van der Waals surface area contributed by atoms with Crippen molar-refractivity contribution in [2.24, 2.45) is 11.8 Å². The molecule has 1 aliphatic rings. The fraction of sp³-hybridized carbons (Fsp3) is 0.556. The lowest BCUT2D eigenvalue weighted by Gasteiger charge is -2.31. The lowest BCUT2D eigenvalue weighted by atomic mass is 9.88. The van der Waals surface area contributed by atoms with Gasteiger partial charge >= 0.3 is 0 Å². The van der Waals surface area contributed by atoms with E-state index in [4.69, 9.17) is 4.98 Å². The molecule has 0 saturated carbocycles. The molecule has 0 radical (unpaired) electrons. The first-order valence-electron chi connectivity index (χ1n) is 8.52. The number of aromatic nitrogens is 2. The van der Waals surface area contributed by atoms with E-state index >= 15 is 0 Å². The monoisotopic (exact) mass is 386 g/mol. The van der Waals surface area contributed by atoms with Gasteiger partial charge in [0.25, 0.3) is 0 Å². The number of hydrogen-bond donors (Lipinski definition) is 2. The molecular weight excluding hydrogens is 359 g/mol. The molecule has 140 valence electrons. The molecule has 1 aromatic heterocycles. The molecule has 1 fully saturated rings. The van der Waals surface area contributed by atoms with E-state index in [0.29, 0.717) is 18.5 Å². The smallest absolute Gasteiger partial charge is 0.223 e. The highest BCUT2D eigenvalue weighted by Crippen LogP contribution is 2.21. The van der Waals surface area contributed by atoms with Gasteiger partial charge in [-0.15, -0.1) is 24.8 Å². The highest BCUT2D eigenvalue weighted by molar-refractivity contribution is 5.85. The molecule has 0 bridgehead atoms. The van der Waals surface area contributed by atoms with E-state index in [1.807, 2.05) is 25.1 Å². The third-order valence-corrected chi connectivity index (χ3v) is 4.77. The van der Waals surface area contributed by atoms with Crippen LogP contribution in [-0.2, 0) is 11.2 Å². The Bertz CT molecular complexity index is 697. The number of imidazole rings is 1. The van der Waals surface area contributed by atoms with Crippen molar-refractivity contribution in [1.82, 2.24) is 20.2 Å². The normalized spacial score (nSPS) is 15.2. The first kappa shape index (κ1) is 21.7. The maximum absolute atomic E-state index is 12.2. The molecule has 5 nitrogen and oxygen atoms in total. The van der Waals surface area contributed by atoms with Gasteiger partial charge in [0, 0.05) is 24.9 Å². The van der Waals surface area contributed by atoms with Crippen LogP contribution < -0.4 is 10.6 Å². The molecule has 1 aromatic carbocycles. The fourth-order valence-electron chi connectivity index (χ4n) is 3.18. The molecule has 2 aromatic rings. The molecule has 1 aliphatic heterocycles. The van der Waals surface area contributed by atoms with Crippen LogP contribution in [0.1, 0.15) is 32.6 Å². The number of nitrogens with one attached hydrogen (secondary N) is 2. The summed E-state index contributed by atoms with van der Waals surface area (Å²) in [7, 11) is 0. The number of carbonyl (C=O) groups is 1. The highest BCUT2D eigenvalue weighted by Gasteiger charge is 2.28. The van der Waals surface area contributed by atoms with Crippen molar-refractivity contribution in [1.29, 1.82) is 0 Å². The van der Waals surface area contributed by atoms with Crippen molar-refractivity contribution in [3.8, 4) is 0 Å². The van der Waals surface area contributed by atoms with E-state index in [1.165, 1.54) is 0 Å². The van der Waals surface area contributed by atoms with Gasteiger partial charge in [-0.25, -0.2) is 4.98 Å². The quantitative estimate of drug-likeness (QED) is 0.801. The van der Waals surface area contributed by atoms with Crippen LogP contribution in [-0.4, -0.2) is 35.1 Å². The summed E-state index contributed by atoms with van der Waals surface area (Å²) in [6.07, 6.45) is 0.758. The Hall–Kier alpha value is -1.30. The van der Waals surface area contributed by atoms with Crippen molar-refractivity contribution < 1.29 is 4.79 Å². The number of para-hydroxylation sites is 2. The lowest BCUT2D eigenvalue weighted by molar-refractivity contribution is -0.126. The van der Waals surface area contributed by atoms with Gasteiger partial charge in [0.05, 0.1) is 11.0 Å². The Labute approximate surface area is 161 Å². The Kier molecular flexibility index (Phi) is 8.19. The second-order valence-corrected chi connectivity index (χ2v) is 6.73. The number of nitrogens with zero attached hydrogens (tertiary/aromatic N) is 2. The minimum Gasteiger partial charge on any atom is -0.355 e. The summed E-state index contributed by atoms with van der Waals surface area (Å²) in [5.41, 5.74) is 2.19. The number of carbonyl (C=O) groups excluding carboxylic acids is 1. The molecule has 1 saturated heterocycles. The van der Waals surface area contributed by atoms with Gasteiger partial charge in [-0.1, -0.05) is 19.1 Å². The van der Waals surface area contributed by atoms with Gasteiger partial charge in [-0.2, -0.15) is 0 Å². The second kappa shape index (κ2) is 9.41. The summed E-state index contributed by atoms with van der Waals surface area (Å²) >= 11 is 0. The largest absolute Gasteiger partial charge is 0.355 e. The number of hydrogen-bond acceptors (Lipinski definition) is 3. The van der Waals surface area contributed by atoms with Crippen LogP contribution >= 0.6 is 24.8 Å². The zero-order valence-corrected chi connectivity index (χ0v) is 16.6. The van der Waals surface area contributed by atoms with Gasteiger partial charge in [0.2, 0.25) is 5.91 Å². The molecule has 1 amide bonds. The van der Waals surface area contributed by atoms with Crippen LogP contribution in [0.3, 0.4) is 0 Å². The number of rotatable bonds is 6.